The van der Waals surface area contributed by atoms with Crippen LogP contribution < -0.4 is 0 Å². The number of allylic oxidation sites excluding steroid dienone is 1. The Morgan fingerprint density at radius 3 is 2.13 bits per heavy atom. The number of aryl methyl sites for hydroxylation is 1. The quantitative estimate of drug-likeness (QED) is 0.259. The Balaban J connectivity index is 1.87. The van der Waals surface area contributed by atoms with Gasteiger partial charge in [-0.3, -0.25) is 4.79 Å². The summed E-state index contributed by atoms with van der Waals surface area (Å²) in [5, 5.41) is 2.37. The first-order chi connectivity index (χ1) is 14.8. The van der Waals surface area contributed by atoms with Crippen molar-refractivity contribution in [1.82, 2.24) is 0 Å². The van der Waals surface area contributed by atoms with E-state index in [-0.39, 0.29) is 9.80 Å². The van der Waals surface area contributed by atoms with Gasteiger partial charge in [-0.15, -0.1) is 0 Å². The second kappa shape index (κ2) is 8.50. The van der Waals surface area contributed by atoms with Crippen molar-refractivity contribution >= 4 is 44.1 Å². The molecule has 0 N–H and O–H groups in total. The second-order valence-electron chi connectivity index (χ2n) is 7.27. The van der Waals surface area contributed by atoms with Gasteiger partial charge in [-0.05, 0) is 59.7 Å². The van der Waals surface area contributed by atoms with Gasteiger partial charge in [0.25, 0.3) is 0 Å². The minimum Gasteiger partial charge on any atom is -0.288 e. The molecule has 4 aromatic carbocycles. The van der Waals surface area contributed by atoms with Gasteiger partial charge in [0.15, 0.2) is 0 Å². The number of hydrogen-bond donors (Lipinski definition) is 0. The minimum absolute atomic E-state index is 0.0763. The first kappa shape index (κ1) is 21.0. The zero-order valence-electron chi connectivity index (χ0n) is 16.7. The molecule has 0 amide bonds. The zero-order valence-corrected chi connectivity index (χ0v) is 18.3. The van der Waals surface area contributed by atoms with Crippen LogP contribution in [0.4, 0.5) is 0 Å². The van der Waals surface area contributed by atoms with Crippen molar-refractivity contribution in [3.05, 3.63) is 118 Å². The molecule has 31 heavy (non-hydrogen) atoms. The number of fused-ring (bicyclic) bond motifs is 1. The highest BCUT2D eigenvalue weighted by Crippen LogP contribution is 2.27. The number of rotatable bonds is 5. The van der Waals surface area contributed by atoms with Crippen molar-refractivity contribution in [2.75, 3.05) is 0 Å². The third kappa shape index (κ3) is 4.46. The van der Waals surface area contributed by atoms with Gasteiger partial charge < -0.3 is 0 Å². The van der Waals surface area contributed by atoms with Crippen molar-refractivity contribution in [1.29, 1.82) is 0 Å². The van der Waals surface area contributed by atoms with E-state index in [4.69, 9.17) is 11.6 Å². The van der Waals surface area contributed by atoms with Crippen LogP contribution in [0.15, 0.2) is 101 Å². The Labute approximate surface area is 186 Å². The summed E-state index contributed by atoms with van der Waals surface area (Å²) in [6, 6.07) is 26.0. The van der Waals surface area contributed by atoms with Gasteiger partial charge in [-0.2, -0.15) is 0 Å². The number of carbonyl (C=O) groups excluding carboxylic acids is 1. The van der Waals surface area contributed by atoms with Crippen LogP contribution in [0.2, 0.25) is 5.02 Å². The predicted octanol–water partition coefficient (Wildman–Crippen LogP) is 6.50. The number of benzene rings is 4. The molecule has 4 rings (SSSR count). The van der Waals surface area contributed by atoms with Crippen LogP contribution in [0.5, 0.6) is 0 Å². The molecule has 0 radical (unpaired) electrons. The molecule has 4 aromatic rings. The Bertz CT molecular complexity index is 1400. The zero-order chi connectivity index (χ0) is 22.0. The molecule has 0 aliphatic rings. The standard InChI is InChI=1S/C26H19ClO3S/c1-18-6-14-24(15-7-18)31(29,30)25(16-19-8-12-23(27)13-9-19)26(28)22-11-10-20-4-2-3-5-21(20)17-22/h2-17H,1H3/b25-16-. The molecule has 0 fully saturated rings. The number of halogens is 1. The van der Waals surface area contributed by atoms with Gasteiger partial charge in [0.1, 0.15) is 4.91 Å². The molecule has 3 nitrogen and oxygen atoms in total. The smallest absolute Gasteiger partial charge is 0.210 e. The van der Waals surface area contributed by atoms with E-state index in [9.17, 15) is 13.2 Å². The lowest BCUT2D eigenvalue weighted by atomic mass is 10.0. The van der Waals surface area contributed by atoms with Gasteiger partial charge in [0.05, 0.1) is 4.90 Å². The number of Topliss-reactive ketones (excluding diaryl/α,β-unsaturated/α-hetero) is 1. The highest BCUT2D eigenvalue weighted by molar-refractivity contribution is 7.96. The summed E-state index contributed by atoms with van der Waals surface area (Å²) >= 11 is 5.96. The number of hydrogen-bond acceptors (Lipinski definition) is 3. The average molecular weight is 447 g/mol. The van der Waals surface area contributed by atoms with Crippen molar-refractivity contribution in [3.8, 4) is 0 Å². The van der Waals surface area contributed by atoms with E-state index in [0.29, 0.717) is 16.1 Å². The maximum Gasteiger partial charge on any atom is 0.210 e. The third-order valence-corrected chi connectivity index (χ3v) is 7.05. The van der Waals surface area contributed by atoms with E-state index in [0.717, 1.165) is 16.3 Å². The van der Waals surface area contributed by atoms with Gasteiger partial charge in [-0.25, -0.2) is 8.42 Å². The molecule has 0 atom stereocenters. The van der Waals surface area contributed by atoms with Crippen LogP contribution in [-0.2, 0) is 9.84 Å². The van der Waals surface area contributed by atoms with E-state index in [1.54, 1.807) is 48.5 Å². The molecule has 5 heteroatoms. The maximum atomic E-state index is 13.5. The fraction of sp³-hybridized carbons (Fsp3) is 0.0385. The maximum absolute atomic E-state index is 13.5. The number of carbonyl (C=O) groups is 1. The SMILES string of the molecule is Cc1ccc(S(=O)(=O)/C(=C\c2ccc(Cl)cc2)C(=O)c2ccc3ccccc3c2)cc1. The second-order valence-corrected chi connectivity index (χ2v) is 9.62. The van der Waals surface area contributed by atoms with Crippen molar-refractivity contribution < 1.29 is 13.2 Å². The first-order valence-electron chi connectivity index (χ1n) is 9.67. The summed E-state index contributed by atoms with van der Waals surface area (Å²) in [4.78, 5) is 13.3. The molecule has 0 bridgehead atoms. The normalized spacial score (nSPS) is 12.1. The molecule has 0 heterocycles. The molecule has 0 unspecified atom stereocenters. The van der Waals surface area contributed by atoms with Crippen LogP contribution in [0.25, 0.3) is 16.8 Å². The Hall–Kier alpha value is -3.21. The van der Waals surface area contributed by atoms with E-state index in [2.05, 4.69) is 0 Å². The van der Waals surface area contributed by atoms with E-state index in [1.807, 2.05) is 37.3 Å². The summed E-state index contributed by atoms with van der Waals surface area (Å²) in [6.45, 7) is 1.88. The van der Waals surface area contributed by atoms with Crippen molar-refractivity contribution in [2.45, 2.75) is 11.8 Å². The lowest BCUT2D eigenvalue weighted by Crippen LogP contribution is -2.14. The van der Waals surface area contributed by atoms with Crippen LogP contribution in [0.1, 0.15) is 21.5 Å². The van der Waals surface area contributed by atoms with Gasteiger partial charge in [0, 0.05) is 10.6 Å². The highest BCUT2D eigenvalue weighted by Gasteiger charge is 2.28. The molecular formula is C26H19ClO3S. The van der Waals surface area contributed by atoms with Gasteiger partial charge >= 0.3 is 0 Å². The van der Waals surface area contributed by atoms with Crippen LogP contribution >= 0.6 is 11.6 Å². The summed E-state index contributed by atoms with van der Waals surface area (Å²) in [6.07, 6.45) is 1.41. The summed E-state index contributed by atoms with van der Waals surface area (Å²) in [5.74, 6) is -0.554. The Kier molecular flexibility index (Phi) is 5.77. The first-order valence-corrected chi connectivity index (χ1v) is 11.5. The topological polar surface area (TPSA) is 51.2 Å². The summed E-state index contributed by atoms with van der Waals surface area (Å²) in [5.41, 5.74) is 1.82. The van der Waals surface area contributed by atoms with Gasteiger partial charge in [-0.1, -0.05) is 77.8 Å². The van der Waals surface area contributed by atoms with Crippen LogP contribution in [-0.4, -0.2) is 14.2 Å². The molecule has 0 spiro atoms. The molecule has 154 valence electrons. The largest absolute Gasteiger partial charge is 0.288 e. The fourth-order valence-corrected chi connectivity index (χ4v) is 4.82. The molecule has 0 aliphatic heterocycles. The number of sulfone groups is 1. The third-order valence-electron chi connectivity index (χ3n) is 5.02. The highest BCUT2D eigenvalue weighted by atomic mass is 35.5. The predicted molar refractivity (Wildman–Crippen MR) is 126 cm³/mol. The molecule has 0 aromatic heterocycles. The lowest BCUT2D eigenvalue weighted by Gasteiger charge is -2.11. The van der Waals surface area contributed by atoms with Crippen molar-refractivity contribution in [2.24, 2.45) is 0 Å². The van der Waals surface area contributed by atoms with E-state index >= 15 is 0 Å². The monoisotopic (exact) mass is 446 g/mol. The van der Waals surface area contributed by atoms with Gasteiger partial charge in [0.2, 0.25) is 15.6 Å². The van der Waals surface area contributed by atoms with E-state index in [1.165, 1.54) is 18.2 Å². The lowest BCUT2D eigenvalue weighted by molar-refractivity contribution is 0.104. The Morgan fingerprint density at radius 2 is 1.45 bits per heavy atom. The van der Waals surface area contributed by atoms with E-state index < -0.39 is 15.6 Å². The van der Waals surface area contributed by atoms with Crippen molar-refractivity contribution in [3.63, 3.8) is 0 Å². The fourth-order valence-electron chi connectivity index (χ4n) is 3.29. The molecule has 0 aliphatic carbocycles. The average Bonchev–Trinajstić information content (AvgIpc) is 2.78. The van der Waals surface area contributed by atoms with Crippen LogP contribution in [0, 0.1) is 6.92 Å². The van der Waals surface area contributed by atoms with Crippen LogP contribution in [0.3, 0.4) is 0 Å². The molecule has 0 saturated heterocycles. The molecule has 0 saturated carbocycles. The minimum atomic E-state index is -4.05. The summed E-state index contributed by atoms with van der Waals surface area (Å²) in [7, 11) is -4.05. The molecular weight excluding hydrogens is 428 g/mol. The summed E-state index contributed by atoms with van der Waals surface area (Å²) < 4.78 is 27.0. The Morgan fingerprint density at radius 1 is 0.806 bits per heavy atom. The number of ketones is 1.